The van der Waals surface area contributed by atoms with Crippen molar-refractivity contribution in [1.82, 2.24) is 5.32 Å². The third-order valence-corrected chi connectivity index (χ3v) is 1.02. The molecule has 0 saturated carbocycles. The maximum absolute atomic E-state index is 12.0. The first kappa shape index (κ1) is 9.10. The minimum Gasteiger partial charge on any atom is -0.358 e. The Hall–Kier alpha value is -0.900. The maximum atomic E-state index is 12.0. The second-order valence-electron chi connectivity index (χ2n) is 1.94. The molecular weight excluding hydrogens is 135 g/mol. The minimum atomic E-state index is -0.817. The molecule has 0 aromatic carbocycles. The lowest BCUT2D eigenvalue weighted by atomic mass is 10.2. The summed E-state index contributed by atoms with van der Waals surface area (Å²) in [6, 6.07) is -0.817. The second-order valence-corrected chi connectivity index (χ2v) is 1.94. The van der Waals surface area contributed by atoms with E-state index in [1.165, 1.54) is 7.05 Å². The lowest BCUT2D eigenvalue weighted by molar-refractivity contribution is -0.121. The summed E-state index contributed by atoms with van der Waals surface area (Å²) in [6.45, 7) is 2.99. The van der Waals surface area contributed by atoms with Gasteiger partial charge in [0.1, 0.15) is 0 Å². The highest BCUT2D eigenvalue weighted by Crippen LogP contribution is 2.01. The van der Waals surface area contributed by atoms with Gasteiger partial charge in [0.15, 0.2) is 0 Å². The van der Waals surface area contributed by atoms with Gasteiger partial charge in [0, 0.05) is 13.5 Å². The van der Waals surface area contributed by atoms with Gasteiger partial charge in [-0.25, -0.2) is 4.39 Å². The van der Waals surface area contributed by atoms with Crippen molar-refractivity contribution in [2.75, 3.05) is 7.05 Å². The summed E-state index contributed by atoms with van der Waals surface area (Å²) >= 11 is 0. The van der Waals surface area contributed by atoms with Gasteiger partial charge in [-0.1, -0.05) is 6.58 Å². The summed E-state index contributed by atoms with van der Waals surface area (Å²) in [7, 11) is 1.45. The molecule has 3 N–H and O–H groups in total. The lowest BCUT2D eigenvalue weighted by Gasteiger charge is -2.06. The number of amides is 1. The first-order valence-electron chi connectivity index (χ1n) is 2.88. The molecule has 0 aliphatic rings. The van der Waals surface area contributed by atoms with Crippen LogP contribution in [0.25, 0.3) is 0 Å². The highest BCUT2D eigenvalue weighted by Gasteiger charge is 2.11. The van der Waals surface area contributed by atoms with Crippen molar-refractivity contribution in [3.63, 3.8) is 0 Å². The van der Waals surface area contributed by atoms with E-state index < -0.39 is 11.9 Å². The van der Waals surface area contributed by atoms with Crippen LogP contribution >= 0.6 is 0 Å². The van der Waals surface area contributed by atoms with E-state index in [4.69, 9.17) is 5.73 Å². The van der Waals surface area contributed by atoms with Gasteiger partial charge in [0.2, 0.25) is 5.91 Å². The van der Waals surface area contributed by atoms with Gasteiger partial charge in [-0.15, -0.1) is 0 Å². The quantitative estimate of drug-likeness (QED) is 0.585. The van der Waals surface area contributed by atoms with Gasteiger partial charge in [-0.2, -0.15) is 0 Å². The number of carbonyl (C=O) groups excluding carboxylic acids is 1. The monoisotopic (exact) mass is 146 g/mol. The first-order chi connectivity index (χ1) is 4.57. The predicted octanol–water partition coefficient (Wildman–Crippen LogP) is -0.0670. The lowest BCUT2D eigenvalue weighted by Crippen LogP contribution is -2.38. The number of halogens is 1. The van der Waals surface area contributed by atoms with Gasteiger partial charge < -0.3 is 11.1 Å². The summed E-state index contributed by atoms with van der Waals surface area (Å²) in [5.41, 5.74) is 5.22. The zero-order valence-corrected chi connectivity index (χ0v) is 5.86. The Bertz CT molecular complexity index is 147. The van der Waals surface area contributed by atoms with Crippen LogP contribution in [-0.4, -0.2) is 19.0 Å². The number of rotatable bonds is 3. The highest BCUT2D eigenvalue weighted by atomic mass is 19.1. The smallest absolute Gasteiger partial charge is 0.237 e. The number of nitrogens with two attached hydrogens (primary N) is 1. The highest BCUT2D eigenvalue weighted by molar-refractivity contribution is 5.81. The van der Waals surface area contributed by atoms with Crippen LogP contribution in [0.3, 0.4) is 0 Å². The summed E-state index contributed by atoms with van der Waals surface area (Å²) in [5.74, 6) is -0.949. The second kappa shape index (κ2) is 4.00. The third-order valence-electron chi connectivity index (χ3n) is 1.02. The van der Waals surface area contributed by atoms with Crippen molar-refractivity contribution in [1.29, 1.82) is 0 Å². The van der Waals surface area contributed by atoms with Crippen molar-refractivity contribution in [2.24, 2.45) is 5.73 Å². The van der Waals surface area contributed by atoms with Gasteiger partial charge >= 0.3 is 0 Å². The van der Waals surface area contributed by atoms with Crippen LogP contribution in [0.15, 0.2) is 12.4 Å². The molecule has 3 nitrogen and oxygen atoms in total. The van der Waals surface area contributed by atoms with E-state index in [0.29, 0.717) is 0 Å². The number of nitrogens with one attached hydrogen (secondary N) is 1. The summed E-state index contributed by atoms with van der Waals surface area (Å²) in [4.78, 5) is 10.6. The molecule has 0 aromatic heterocycles. The molecule has 0 bridgehead atoms. The Kier molecular flexibility index (Phi) is 3.64. The molecule has 0 radical (unpaired) electrons. The molecule has 0 spiro atoms. The fourth-order valence-electron chi connectivity index (χ4n) is 0.517. The number of carbonyl (C=O) groups is 1. The summed E-state index contributed by atoms with van der Waals surface area (Å²) in [6.07, 6.45) is -0.111. The van der Waals surface area contributed by atoms with Crippen LogP contribution in [0, 0.1) is 0 Å². The zero-order valence-electron chi connectivity index (χ0n) is 5.86. The van der Waals surface area contributed by atoms with Crippen molar-refractivity contribution in [2.45, 2.75) is 12.5 Å². The molecule has 58 valence electrons. The van der Waals surface area contributed by atoms with Crippen LogP contribution in [-0.2, 0) is 4.79 Å². The molecule has 1 atom stereocenters. The Morgan fingerprint density at radius 3 is 2.70 bits per heavy atom. The molecule has 1 amide bonds. The van der Waals surface area contributed by atoms with Gasteiger partial charge in [-0.3, -0.25) is 4.79 Å². The molecule has 0 fully saturated rings. The van der Waals surface area contributed by atoms with Crippen molar-refractivity contribution >= 4 is 5.91 Å². The Morgan fingerprint density at radius 2 is 2.40 bits per heavy atom. The number of likely N-dealkylation sites (N-methyl/N-ethyl adjacent to an activating group) is 1. The van der Waals surface area contributed by atoms with Crippen molar-refractivity contribution in [3.05, 3.63) is 12.4 Å². The Balaban J connectivity index is 3.72. The number of hydrogen-bond acceptors (Lipinski definition) is 2. The minimum absolute atomic E-state index is 0.111. The fourth-order valence-corrected chi connectivity index (χ4v) is 0.517. The standard InChI is InChI=1S/C6H11FN2O/c1-4(7)3-5(8)6(10)9-2/h5H,1,3,8H2,2H3,(H,9,10)/t5-/m1/s1. The van der Waals surface area contributed by atoms with Crippen LogP contribution in [0.1, 0.15) is 6.42 Å². The SMILES string of the molecule is C=C(F)C[C@@H](N)C(=O)NC. The first-order valence-corrected chi connectivity index (χ1v) is 2.88. The Labute approximate surface area is 59.1 Å². The van der Waals surface area contributed by atoms with Gasteiger partial charge in [0.05, 0.1) is 11.9 Å². The van der Waals surface area contributed by atoms with E-state index in [1.54, 1.807) is 0 Å². The van der Waals surface area contributed by atoms with E-state index in [0.717, 1.165) is 0 Å². The largest absolute Gasteiger partial charge is 0.358 e. The molecule has 0 aliphatic heterocycles. The van der Waals surface area contributed by atoms with E-state index in [1.807, 2.05) is 0 Å². The molecule has 0 heterocycles. The average molecular weight is 146 g/mol. The van der Waals surface area contributed by atoms with Crippen molar-refractivity contribution < 1.29 is 9.18 Å². The molecule has 4 heteroatoms. The van der Waals surface area contributed by atoms with E-state index in [2.05, 4.69) is 11.9 Å². The molecule has 0 aliphatic carbocycles. The van der Waals surface area contributed by atoms with Gasteiger partial charge in [0.25, 0.3) is 0 Å². The normalized spacial score (nSPS) is 12.3. The zero-order chi connectivity index (χ0) is 8.15. The molecule has 10 heavy (non-hydrogen) atoms. The van der Waals surface area contributed by atoms with E-state index >= 15 is 0 Å². The van der Waals surface area contributed by atoms with Crippen LogP contribution in [0.2, 0.25) is 0 Å². The fraction of sp³-hybridized carbons (Fsp3) is 0.500. The molecular formula is C6H11FN2O. The van der Waals surface area contributed by atoms with E-state index in [-0.39, 0.29) is 12.3 Å². The van der Waals surface area contributed by atoms with E-state index in [9.17, 15) is 9.18 Å². The predicted molar refractivity (Wildman–Crippen MR) is 36.9 cm³/mol. The number of hydrogen-bond donors (Lipinski definition) is 2. The molecule has 0 unspecified atom stereocenters. The van der Waals surface area contributed by atoms with Crippen LogP contribution in [0.4, 0.5) is 4.39 Å². The topological polar surface area (TPSA) is 55.1 Å². The molecule has 0 rings (SSSR count). The molecule has 0 aromatic rings. The van der Waals surface area contributed by atoms with Crippen LogP contribution in [0.5, 0.6) is 0 Å². The maximum Gasteiger partial charge on any atom is 0.237 e. The molecule has 0 saturated heterocycles. The van der Waals surface area contributed by atoms with Crippen LogP contribution < -0.4 is 11.1 Å². The average Bonchev–Trinajstić information content (AvgIpc) is 1.85. The Morgan fingerprint density at radius 1 is 1.90 bits per heavy atom. The summed E-state index contributed by atoms with van der Waals surface area (Å²) < 4.78 is 12.0. The summed E-state index contributed by atoms with van der Waals surface area (Å²) in [5, 5.41) is 2.30. The third kappa shape index (κ3) is 3.19. The van der Waals surface area contributed by atoms with Gasteiger partial charge in [-0.05, 0) is 0 Å². The van der Waals surface area contributed by atoms with Crippen molar-refractivity contribution in [3.8, 4) is 0 Å².